The molecule has 0 aromatic carbocycles. The van der Waals surface area contributed by atoms with Crippen molar-refractivity contribution in [3.05, 3.63) is 0 Å². The molecule has 0 unspecified atom stereocenters. The number of rotatable bonds is 0. The molecule has 12 nitrogen and oxygen atoms in total. The van der Waals surface area contributed by atoms with Crippen molar-refractivity contribution < 1.29 is 72.8 Å². The largest absolute Gasteiger partial charge is 3.00 e. The van der Waals surface area contributed by atoms with Crippen LogP contribution in [-0.2, 0) is 64.2 Å². The minimum atomic E-state index is -4.63. The molecule has 131 valence electrons. The van der Waals surface area contributed by atoms with Gasteiger partial charge in [-0.25, -0.2) is 25.3 Å². The van der Waals surface area contributed by atoms with E-state index in [4.69, 9.17) is 0 Å². The zero-order chi connectivity index (χ0) is 18.2. The second-order valence-electron chi connectivity index (χ2n) is 2.84. The average Bonchev–Trinajstić information content (AvgIpc) is 2.14. The van der Waals surface area contributed by atoms with Gasteiger partial charge >= 0.3 is 19.5 Å². The van der Waals surface area contributed by atoms with Crippen LogP contribution in [0.3, 0.4) is 0 Å². The molecule has 0 aliphatic rings. The monoisotopic (exact) mass is 471 g/mol. The summed E-state index contributed by atoms with van der Waals surface area (Å²) in [5.41, 5.74) is 0. The Bertz CT molecular complexity index is 598. The average molecular weight is 470 g/mol. The summed E-state index contributed by atoms with van der Waals surface area (Å²) < 4.78 is 84.8. The quantitative estimate of drug-likeness (QED) is 0.259. The van der Waals surface area contributed by atoms with Crippen LogP contribution in [0.15, 0.2) is 0 Å². The van der Waals surface area contributed by atoms with E-state index in [0.29, 0.717) is 20.8 Å². The van der Waals surface area contributed by atoms with Crippen molar-refractivity contribution in [3.8, 4) is 0 Å². The molecule has 0 aliphatic carbocycles. The summed E-state index contributed by atoms with van der Waals surface area (Å²) in [6.45, 7) is 2.13. The number of hydrogen-bond acceptors (Lipinski definition) is 12. The van der Waals surface area contributed by atoms with Gasteiger partial charge in [0.1, 0.15) is 0 Å². The summed E-state index contributed by atoms with van der Waals surface area (Å²) in [5, 5.41) is -4.02. The zero-order valence-corrected chi connectivity index (χ0v) is 15.2. The number of carbonyl (C=O) groups excluding carboxylic acids is 3. The molecule has 0 saturated carbocycles. The maximum Gasteiger partial charge on any atom is 3.00 e. The minimum Gasteiger partial charge on any atom is -0.742 e. The van der Waals surface area contributed by atoms with Crippen molar-refractivity contribution in [1.29, 1.82) is 0 Å². The van der Waals surface area contributed by atoms with E-state index in [1.165, 1.54) is 0 Å². The zero-order valence-electron chi connectivity index (χ0n) is 11.0. The van der Waals surface area contributed by atoms with Crippen LogP contribution in [-0.4, -0.2) is 54.3 Å². The Morgan fingerprint density at radius 3 is 0.591 bits per heavy atom. The van der Waals surface area contributed by atoms with E-state index in [9.17, 15) is 53.3 Å². The molecule has 0 spiro atoms. The third-order valence-electron chi connectivity index (χ3n) is 1.06. The Morgan fingerprint density at radius 1 is 0.545 bits per heavy atom. The van der Waals surface area contributed by atoms with Gasteiger partial charge in [0.15, 0.2) is 30.4 Å². The standard InChI is InChI=1S/3C2H4O4S.Ru/c3*1-2(3)7(4,5)6;/h3*1H3,(H,4,5,6);/q;;;+3/p-3. The third-order valence-corrected chi connectivity index (χ3v) is 3.17. The number of carbonyl (C=O) groups is 3. The summed E-state index contributed by atoms with van der Waals surface area (Å²) in [6.07, 6.45) is 0. The first-order valence-electron chi connectivity index (χ1n) is 4.22. The second kappa shape index (κ2) is 11.0. The molecule has 1 radical (unpaired) electrons. The summed E-state index contributed by atoms with van der Waals surface area (Å²) in [5.74, 6) is 0. The molecule has 0 aliphatic heterocycles. The summed E-state index contributed by atoms with van der Waals surface area (Å²) in [7, 11) is -13.9. The van der Waals surface area contributed by atoms with Crippen molar-refractivity contribution in [1.82, 2.24) is 0 Å². The van der Waals surface area contributed by atoms with Crippen LogP contribution < -0.4 is 0 Å². The molecular weight excluding hydrogens is 461 g/mol. The van der Waals surface area contributed by atoms with Gasteiger partial charge in [-0.05, 0) is 0 Å². The van der Waals surface area contributed by atoms with Gasteiger partial charge in [0.25, 0.3) is 0 Å². The summed E-state index contributed by atoms with van der Waals surface area (Å²) in [6, 6.07) is 0. The topological polar surface area (TPSA) is 223 Å². The molecule has 0 bridgehead atoms. The van der Waals surface area contributed by atoms with Crippen LogP contribution in [0.25, 0.3) is 0 Å². The molecule has 0 N–H and O–H groups in total. The van der Waals surface area contributed by atoms with Gasteiger partial charge in [-0.2, -0.15) is 0 Å². The smallest absolute Gasteiger partial charge is 0.742 e. The van der Waals surface area contributed by atoms with E-state index in [-0.39, 0.29) is 19.5 Å². The van der Waals surface area contributed by atoms with E-state index in [1.807, 2.05) is 0 Å². The van der Waals surface area contributed by atoms with Crippen molar-refractivity contribution >= 4 is 45.7 Å². The Labute approximate surface area is 139 Å². The number of hydrogen-bond donors (Lipinski definition) is 0. The second-order valence-corrected chi connectivity index (χ2v) is 7.29. The maximum atomic E-state index is 9.56. The Hall–Kier alpha value is -0.637. The molecule has 0 aromatic rings. The summed E-state index contributed by atoms with van der Waals surface area (Å²) in [4.78, 5) is 28.7. The van der Waals surface area contributed by atoms with Crippen LogP contribution >= 0.6 is 0 Å². The van der Waals surface area contributed by atoms with Gasteiger partial charge in [0, 0.05) is 20.8 Å². The van der Waals surface area contributed by atoms with Crippen LogP contribution in [0.1, 0.15) is 20.8 Å². The first kappa shape index (κ1) is 29.4. The fourth-order valence-electron chi connectivity index (χ4n) is 0. The van der Waals surface area contributed by atoms with Crippen LogP contribution in [0.5, 0.6) is 0 Å². The van der Waals surface area contributed by atoms with Crippen LogP contribution in [0, 0.1) is 0 Å². The molecule has 0 saturated heterocycles. The van der Waals surface area contributed by atoms with E-state index in [2.05, 4.69) is 0 Å². The Balaban J connectivity index is -0.000000108. The van der Waals surface area contributed by atoms with Gasteiger partial charge in [-0.15, -0.1) is 0 Å². The van der Waals surface area contributed by atoms with Gasteiger partial charge in [0.2, 0.25) is 15.3 Å². The molecular formula is C6H9O12RuS3. The van der Waals surface area contributed by atoms with Crippen molar-refractivity contribution in [2.45, 2.75) is 20.8 Å². The first-order chi connectivity index (χ1) is 8.83. The van der Waals surface area contributed by atoms with Gasteiger partial charge in [-0.1, -0.05) is 0 Å². The Kier molecular flexibility index (Phi) is 14.7. The third kappa shape index (κ3) is 21.7. The first-order valence-corrected chi connectivity index (χ1v) is 8.45. The van der Waals surface area contributed by atoms with Gasteiger partial charge < -0.3 is 13.7 Å². The predicted octanol–water partition coefficient (Wildman–Crippen LogP) is -2.77. The van der Waals surface area contributed by atoms with E-state index in [0.717, 1.165) is 0 Å². The molecule has 0 heterocycles. The normalized spacial score (nSPS) is 10.6. The van der Waals surface area contributed by atoms with E-state index in [1.54, 1.807) is 0 Å². The van der Waals surface area contributed by atoms with Gasteiger partial charge in [-0.3, -0.25) is 14.4 Å². The molecule has 0 amide bonds. The SMILES string of the molecule is CC(=O)S(=O)(=O)[O-].CC(=O)S(=O)(=O)[O-].CC(=O)S(=O)(=O)[O-].[Ru+3]. The van der Waals surface area contributed by atoms with Gasteiger partial charge in [0.05, 0.1) is 0 Å². The molecule has 0 rings (SSSR count). The molecule has 22 heavy (non-hydrogen) atoms. The minimum absolute atomic E-state index is 0. The fraction of sp³-hybridized carbons (Fsp3) is 0.500. The summed E-state index contributed by atoms with van der Waals surface area (Å²) >= 11 is 0. The fourth-order valence-corrected chi connectivity index (χ4v) is 0. The van der Waals surface area contributed by atoms with Crippen molar-refractivity contribution in [3.63, 3.8) is 0 Å². The molecule has 0 aromatic heterocycles. The molecule has 16 heteroatoms. The van der Waals surface area contributed by atoms with Crippen molar-refractivity contribution in [2.24, 2.45) is 0 Å². The Morgan fingerprint density at radius 2 is 0.591 bits per heavy atom. The van der Waals surface area contributed by atoms with E-state index < -0.39 is 45.7 Å². The molecule has 0 fully saturated rings. The van der Waals surface area contributed by atoms with Crippen LogP contribution in [0.4, 0.5) is 0 Å². The van der Waals surface area contributed by atoms with Crippen LogP contribution in [0.2, 0.25) is 0 Å². The predicted molar refractivity (Wildman–Crippen MR) is 61.1 cm³/mol. The van der Waals surface area contributed by atoms with Crippen molar-refractivity contribution in [2.75, 3.05) is 0 Å². The maximum absolute atomic E-state index is 9.56. The molecule has 0 atom stereocenters. The van der Waals surface area contributed by atoms with E-state index >= 15 is 0 Å².